The molecule has 0 radical (unpaired) electrons. The highest BCUT2D eigenvalue weighted by Crippen LogP contribution is 2.14. The van der Waals surface area contributed by atoms with Crippen molar-refractivity contribution in [3.05, 3.63) is 36.2 Å². The molecule has 1 rings (SSSR count). The molecule has 0 spiro atoms. The molecular formula is C11H14N2O2. The van der Waals surface area contributed by atoms with Crippen molar-refractivity contribution in [1.82, 2.24) is 9.88 Å². The van der Waals surface area contributed by atoms with E-state index in [1.54, 1.807) is 13.1 Å². The standard InChI is InChI=1S/C11H14N2O2/c1-8(2)7-13(3)11(15)10-9(14)5-4-6-12-10/h4-6,14H,1,7H2,2-3H3. The summed E-state index contributed by atoms with van der Waals surface area (Å²) in [7, 11) is 1.64. The molecule has 0 aliphatic rings. The van der Waals surface area contributed by atoms with Crippen molar-refractivity contribution in [3.63, 3.8) is 0 Å². The molecule has 1 aromatic rings. The van der Waals surface area contributed by atoms with Gasteiger partial charge in [-0.15, -0.1) is 0 Å². The molecule has 0 bridgehead atoms. The number of likely N-dealkylation sites (N-methyl/N-ethyl adjacent to an activating group) is 1. The van der Waals surface area contributed by atoms with E-state index in [-0.39, 0.29) is 17.4 Å². The molecule has 0 fully saturated rings. The zero-order valence-corrected chi connectivity index (χ0v) is 8.90. The van der Waals surface area contributed by atoms with Crippen molar-refractivity contribution in [1.29, 1.82) is 0 Å². The maximum atomic E-state index is 11.8. The van der Waals surface area contributed by atoms with Gasteiger partial charge >= 0.3 is 0 Å². The molecular weight excluding hydrogens is 192 g/mol. The van der Waals surface area contributed by atoms with Crippen LogP contribution in [0.4, 0.5) is 0 Å². The van der Waals surface area contributed by atoms with Crippen molar-refractivity contribution >= 4 is 5.91 Å². The monoisotopic (exact) mass is 206 g/mol. The first-order chi connectivity index (χ1) is 7.02. The molecule has 1 heterocycles. The number of nitrogens with zero attached hydrogens (tertiary/aromatic N) is 2. The Labute approximate surface area is 88.9 Å². The molecule has 4 heteroatoms. The lowest BCUT2D eigenvalue weighted by atomic mass is 10.2. The predicted molar refractivity (Wildman–Crippen MR) is 57.7 cm³/mol. The number of pyridine rings is 1. The van der Waals surface area contributed by atoms with E-state index in [0.29, 0.717) is 6.54 Å². The van der Waals surface area contributed by atoms with E-state index >= 15 is 0 Å². The number of carbonyl (C=O) groups is 1. The van der Waals surface area contributed by atoms with Crippen LogP contribution in [0.3, 0.4) is 0 Å². The number of rotatable bonds is 3. The van der Waals surface area contributed by atoms with Gasteiger partial charge in [-0.25, -0.2) is 4.98 Å². The number of hydrogen-bond donors (Lipinski definition) is 1. The first-order valence-corrected chi connectivity index (χ1v) is 4.56. The molecule has 0 aromatic carbocycles. The molecule has 80 valence electrons. The van der Waals surface area contributed by atoms with Gasteiger partial charge in [0.2, 0.25) is 0 Å². The molecule has 0 atom stereocenters. The fraction of sp³-hybridized carbons (Fsp3) is 0.273. The summed E-state index contributed by atoms with van der Waals surface area (Å²) in [5.41, 5.74) is 0.947. The highest BCUT2D eigenvalue weighted by Gasteiger charge is 2.16. The number of aromatic hydroxyl groups is 1. The maximum absolute atomic E-state index is 11.8. The molecule has 0 aliphatic heterocycles. The molecule has 0 saturated heterocycles. The van der Waals surface area contributed by atoms with E-state index in [4.69, 9.17) is 0 Å². The lowest BCUT2D eigenvalue weighted by Gasteiger charge is -2.16. The summed E-state index contributed by atoms with van der Waals surface area (Å²) < 4.78 is 0. The van der Waals surface area contributed by atoms with E-state index in [1.165, 1.54) is 17.2 Å². The molecule has 0 saturated carbocycles. The Hall–Kier alpha value is -1.84. The summed E-state index contributed by atoms with van der Waals surface area (Å²) in [5, 5.41) is 9.43. The summed E-state index contributed by atoms with van der Waals surface area (Å²) >= 11 is 0. The van der Waals surface area contributed by atoms with Crippen LogP contribution in [0.15, 0.2) is 30.5 Å². The van der Waals surface area contributed by atoms with Gasteiger partial charge in [0.25, 0.3) is 5.91 Å². The van der Waals surface area contributed by atoms with E-state index in [2.05, 4.69) is 11.6 Å². The van der Waals surface area contributed by atoms with E-state index in [0.717, 1.165) is 5.57 Å². The van der Waals surface area contributed by atoms with Crippen molar-refractivity contribution in [2.45, 2.75) is 6.92 Å². The van der Waals surface area contributed by atoms with E-state index in [9.17, 15) is 9.90 Å². The normalized spacial score (nSPS) is 9.73. The lowest BCUT2D eigenvalue weighted by Crippen LogP contribution is -2.28. The first kappa shape index (κ1) is 11.2. The van der Waals surface area contributed by atoms with Crippen molar-refractivity contribution in [2.24, 2.45) is 0 Å². The Bertz CT molecular complexity index is 388. The van der Waals surface area contributed by atoms with Gasteiger partial charge in [-0.3, -0.25) is 4.79 Å². The Balaban J connectivity index is 2.85. The number of amides is 1. The minimum atomic E-state index is -0.309. The summed E-state index contributed by atoms with van der Waals surface area (Å²) in [6.45, 7) is 6.01. The van der Waals surface area contributed by atoms with Crippen LogP contribution in [-0.2, 0) is 0 Å². The second kappa shape index (κ2) is 4.59. The van der Waals surface area contributed by atoms with Gasteiger partial charge < -0.3 is 10.0 Å². The minimum Gasteiger partial charge on any atom is -0.505 e. The summed E-state index contributed by atoms with van der Waals surface area (Å²) in [6.07, 6.45) is 1.47. The van der Waals surface area contributed by atoms with Gasteiger partial charge in [0.1, 0.15) is 5.75 Å². The number of carbonyl (C=O) groups excluding carboxylic acids is 1. The van der Waals surface area contributed by atoms with Crippen LogP contribution in [0, 0.1) is 0 Å². The van der Waals surface area contributed by atoms with Gasteiger partial charge in [-0.2, -0.15) is 0 Å². The second-order valence-corrected chi connectivity index (χ2v) is 3.49. The molecule has 0 aliphatic carbocycles. The molecule has 1 aromatic heterocycles. The Kier molecular flexibility index (Phi) is 3.44. The highest BCUT2D eigenvalue weighted by atomic mass is 16.3. The third-order valence-electron chi connectivity index (χ3n) is 1.84. The van der Waals surface area contributed by atoms with E-state index in [1.807, 2.05) is 6.92 Å². The maximum Gasteiger partial charge on any atom is 0.276 e. The largest absolute Gasteiger partial charge is 0.505 e. The lowest BCUT2D eigenvalue weighted by molar-refractivity contribution is 0.0798. The highest BCUT2D eigenvalue weighted by molar-refractivity contribution is 5.94. The fourth-order valence-corrected chi connectivity index (χ4v) is 1.22. The van der Waals surface area contributed by atoms with Crippen LogP contribution in [0.25, 0.3) is 0 Å². The van der Waals surface area contributed by atoms with Crippen LogP contribution >= 0.6 is 0 Å². The Morgan fingerprint density at radius 2 is 2.33 bits per heavy atom. The average Bonchev–Trinajstić information content (AvgIpc) is 2.16. The Morgan fingerprint density at radius 3 is 2.87 bits per heavy atom. The van der Waals surface area contributed by atoms with Crippen LogP contribution in [0.5, 0.6) is 5.75 Å². The average molecular weight is 206 g/mol. The summed E-state index contributed by atoms with van der Waals surface area (Å²) in [4.78, 5) is 17.1. The zero-order valence-electron chi connectivity index (χ0n) is 8.90. The van der Waals surface area contributed by atoms with Crippen LogP contribution < -0.4 is 0 Å². The molecule has 0 unspecified atom stereocenters. The SMILES string of the molecule is C=C(C)CN(C)C(=O)c1ncccc1O. The third-order valence-corrected chi connectivity index (χ3v) is 1.84. The van der Waals surface area contributed by atoms with Crippen LogP contribution in [-0.4, -0.2) is 34.5 Å². The smallest absolute Gasteiger partial charge is 0.276 e. The van der Waals surface area contributed by atoms with Crippen molar-refractivity contribution in [3.8, 4) is 5.75 Å². The second-order valence-electron chi connectivity index (χ2n) is 3.49. The van der Waals surface area contributed by atoms with Crippen molar-refractivity contribution < 1.29 is 9.90 Å². The van der Waals surface area contributed by atoms with Crippen LogP contribution in [0.1, 0.15) is 17.4 Å². The van der Waals surface area contributed by atoms with Gasteiger partial charge in [0, 0.05) is 19.8 Å². The molecule has 1 amide bonds. The van der Waals surface area contributed by atoms with Crippen molar-refractivity contribution in [2.75, 3.05) is 13.6 Å². The van der Waals surface area contributed by atoms with Crippen LogP contribution in [0.2, 0.25) is 0 Å². The minimum absolute atomic E-state index is 0.0706. The van der Waals surface area contributed by atoms with Gasteiger partial charge in [0.05, 0.1) is 0 Å². The quantitative estimate of drug-likeness (QED) is 0.761. The molecule has 4 nitrogen and oxygen atoms in total. The van der Waals surface area contributed by atoms with Gasteiger partial charge in [0.15, 0.2) is 5.69 Å². The fourth-order valence-electron chi connectivity index (χ4n) is 1.22. The Morgan fingerprint density at radius 1 is 1.67 bits per heavy atom. The van der Waals surface area contributed by atoms with E-state index < -0.39 is 0 Å². The first-order valence-electron chi connectivity index (χ1n) is 4.56. The summed E-state index contributed by atoms with van der Waals surface area (Å²) in [6, 6.07) is 3.01. The third kappa shape index (κ3) is 2.80. The summed E-state index contributed by atoms with van der Waals surface area (Å²) in [5.74, 6) is -0.410. The predicted octanol–water partition coefficient (Wildman–Crippen LogP) is 1.44. The molecule has 1 N–H and O–H groups in total. The molecule has 15 heavy (non-hydrogen) atoms. The van der Waals surface area contributed by atoms with Gasteiger partial charge in [-0.1, -0.05) is 12.2 Å². The zero-order chi connectivity index (χ0) is 11.4. The number of aromatic nitrogens is 1. The topological polar surface area (TPSA) is 53.4 Å². The van der Waals surface area contributed by atoms with Gasteiger partial charge in [-0.05, 0) is 19.1 Å². The number of hydrogen-bond acceptors (Lipinski definition) is 3.